The van der Waals surface area contributed by atoms with Gasteiger partial charge in [0.25, 0.3) is 0 Å². The quantitative estimate of drug-likeness (QED) is 0.443. The number of halogens is 2. The van der Waals surface area contributed by atoms with E-state index < -0.39 is 10.3 Å². The van der Waals surface area contributed by atoms with Crippen LogP contribution in [-0.4, -0.2) is 30.4 Å². The van der Waals surface area contributed by atoms with Crippen molar-refractivity contribution in [3.63, 3.8) is 0 Å². The molecule has 5 heteroatoms. The topological polar surface area (TPSA) is 12.5 Å². The monoisotopic (exact) mass is 411 g/mol. The summed E-state index contributed by atoms with van der Waals surface area (Å²) in [4.78, 5) is 2.06. The molecule has 0 saturated carbocycles. The van der Waals surface area contributed by atoms with Crippen molar-refractivity contribution in [2.24, 2.45) is 0 Å². The highest BCUT2D eigenvalue weighted by atomic mass is 32.3. The van der Waals surface area contributed by atoms with E-state index >= 15 is 0 Å². The minimum absolute atomic E-state index is 0.126. The van der Waals surface area contributed by atoms with Gasteiger partial charge in [-0.1, -0.05) is 34.6 Å². The first kappa shape index (κ1) is 24.4. The zero-order valence-electron chi connectivity index (χ0n) is 18.3. The third kappa shape index (κ3) is 7.10. The molecule has 0 unspecified atom stereocenters. The van der Waals surface area contributed by atoms with Gasteiger partial charge < -0.3 is 9.08 Å². The zero-order chi connectivity index (χ0) is 21.4. The van der Waals surface area contributed by atoms with Gasteiger partial charge in [-0.15, -0.1) is 10.3 Å². The van der Waals surface area contributed by atoms with Crippen LogP contribution in [-0.2, 0) is 4.18 Å². The summed E-state index contributed by atoms with van der Waals surface area (Å²) in [5, 5.41) is 0. The Balaban J connectivity index is 0.00000190. The Morgan fingerprint density at radius 3 is 1.57 bits per heavy atom. The Kier molecular flexibility index (Phi) is 9.45. The third-order valence-corrected chi connectivity index (χ3v) is 8.36. The minimum Gasteiger partial charge on any atom is -0.341 e. The van der Waals surface area contributed by atoms with Gasteiger partial charge in [-0.05, 0) is 67.5 Å². The van der Waals surface area contributed by atoms with E-state index in [1.54, 1.807) is 24.3 Å². The van der Waals surface area contributed by atoms with E-state index in [0.717, 1.165) is 17.8 Å². The Morgan fingerprint density at radius 2 is 1.21 bits per heavy atom. The van der Waals surface area contributed by atoms with Gasteiger partial charge in [-0.3, -0.25) is 0 Å². The second kappa shape index (κ2) is 10.8. The summed E-state index contributed by atoms with van der Waals surface area (Å²) in [5.74, 6) is -0.543. The maximum Gasteiger partial charge on any atom is 0.123 e. The van der Waals surface area contributed by atoms with Gasteiger partial charge in [0.2, 0.25) is 0 Å². The first-order chi connectivity index (χ1) is 13.1. The number of anilines is 2. The second-order valence-corrected chi connectivity index (χ2v) is 11.6. The molecular formula is C23H35F2NOS. The Bertz CT molecular complexity index is 649. The van der Waals surface area contributed by atoms with Gasteiger partial charge in [0.1, 0.15) is 11.6 Å². The van der Waals surface area contributed by atoms with Crippen LogP contribution in [0.25, 0.3) is 0 Å². The lowest BCUT2D eigenvalue weighted by Gasteiger charge is -2.43. The summed E-state index contributed by atoms with van der Waals surface area (Å²) in [6.45, 7) is 12.0. The van der Waals surface area contributed by atoms with E-state index in [1.165, 1.54) is 24.3 Å². The zero-order valence-corrected chi connectivity index (χ0v) is 19.1. The standard InChI is InChI=1S/C21H29F2NOS.C2H6/c1-21(2,3)26(4,5)25-16-6-15-24(19-11-7-17(22)8-12-19)20-13-9-18(23)10-14-20;1-2/h7-14H,6,15-16H2,1-5H3;1-2H3. The van der Waals surface area contributed by atoms with E-state index in [-0.39, 0.29) is 16.4 Å². The Hall–Kier alpha value is -1.59. The van der Waals surface area contributed by atoms with E-state index in [1.807, 2.05) is 13.8 Å². The minimum atomic E-state index is -1.15. The van der Waals surface area contributed by atoms with E-state index in [2.05, 4.69) is 38.2 Å². The number of hydrogen-bond acceptors (Lipinski definition) is 2. The number of benzene rings is 2. The fourth-order valence-corrected chi connectivity index (χ4v) is 3.20. The molecule has 2 aromatic carbocycles. The summed E-state index contributed by atoms with van der Waals surface area (Å²) >= 11 is 0. The molecule has 0 N–H and O–H groups in total. The molecule has 28 heavy (non-hydrogen) atoms. The van der Waals surface area contributed by atoms with Crippen molar-refractivity contribution in [1.82, 2.24) is 0 Å². The van der Waals surface area contributed by atoms with Crippen molar-refractivity contribution < 1.29 is 13.0 Å². The highest BCUT2D eigenvalue weighted by Crippen LogP contribution is 2.53. The molecule has 2 aromatic rings. The third-order valence-electron chi connectivity index (χ3n) is 4.66. The molecule has 158 valence electrons. The second-order valence-electron chi connectivity index (χ2n) is 7.63. The largest absolute Gasteiger partial charge is 0.341 e. The van der Waals surface area contributed by atoms with Gasteiger partial charge in [-0.2, -0.15) is 0 Å². The van der Waals surface area contributed by atoms with Crippen LogP contribution in [0.15, 0.2) is 48.5 Å². The summed E-state index contributed by atoms with van der Waals surface area (Å²) in [6, 6.07) is 12.7. The lowest BCUT2D eigenvalue weighted by Crippen LogP contribution is -2.26. The maximum atomic E-state index is 13.3. The molecule has 0 aliphatic carbocycles. The molecule has 2 rings (SSSR count). The highest BCUT2D eigenvalue weighted by molar-refractivity contribution is 8.29. The molecule has 0 aliphatic heterocycles. The summed E-state index contributed by atoms with van der Waals surface area (Å²) in [7, 11) is -1.15. The van der Waals surface area contributed by atoms with Gasteiger partial charge in [0.05, 0.1) is 6.61 Å². The van der Waals surface area contributed by atoms with E-state index in [4.69, 9.17) is 4.18 Å². The van der Waals surface area contributed by atoms with E-state index in [9.17, 15) is 8.78 Å². The molecule has 0 atom stereocenters. The van der Waals surface area contributed by atoms with Crippen molar-refractivity contribution in [1.29, 1.82) is 0 Å². The normalized spacial score (nSPS) is 12.2. The van der Waals surface area contributed by atoms with Crippen LogP contribution in [0.5, 0.6) is 0 Å². The Labute approximate surface area is 171 Å². The van der Waals surface area contributed by atoms with Gasteiger partial charge in [0, 0.05) is 22.7 Å². The van der Waals surface area contributed by atoms with Gasteiger partial charge in [0.15, 0.2) is 0 Å². The van der Waals surface area contributed by atoms with Crippen molar-refractivity contribution in [3.05, 3.63) is 60.2 Å². The number of hydrogen-bond donors (Lipinski definition) is 0. The van der Waals surface area contributed by atoms with Gasteiger partial charge in [-0.25, -0.2) is 8.78 Å². The molecule has 0 radical (unpaired) electrons. The van der Waals surface area contributed by atoms with E-state index in [0.29, 0.717) is 13.2 Å². The first-order valence-corrected chi connectivity index (χ1v) is 12.1. The van der Waals surface area contributed by atoms with Crippen LogP contribution in [0.4, 0.5) is 20.2 Å². The molecular weight excluding hydrogens is 376 g/mol. The fourth-order valence-electron chi connectivity index (χ4n) is 2.32. The Morgan fingerprint density at radius 1 is 0.821 bits per heavy atom. The lowest BCUT2D eigenvalue weighted by atomic mass is 10.2. The summed E-state index contributed by atoms with van der Waals surface area (Å²) in [5.41, 5.74) is 1.75. The van der Waals surface area contributed by atoms with Crippen molar-refractivity contribution in [2.45, 2.75) is 45.8 Å². The van der Waals surface area contributed by atoms with Crippen LogP contribution >= 0.6 is 10.3 Å². The predicted molar refractivity (Wildman–Crippen MR) is 121 cm³/mol. The average molecular weight is 412 g/mol. The van der Waals surface area contributed by atoms with Crippen LogP contribution in [0.1, 0.15) is 41.0 Å². The summed E-state index contributed by atoms with van der Waals surface area (Å²) < 4.78 is 32.9. The fraction of sp³-hybridized carbons (Fsp3) is 0.478. The molecule has 0 bridgehead atoms. The smallest absolute Gasteiger partial charge is 0.123 e. The predicted octanol–water partition coefficient (Wildman–Crippen LogP) is 7.31. The number of rotatable bonds is 7. The highest BCUT2D eigenvalue weighted by Gasteiger charge is 2.28. The van der Waals surface area contributed by atoms with Crippen LogP contribution in [0.2, 0.25) is 0 Å². The van der Waals surface area contributed by atoms with Crippen LogP contribution < -0.4 is 4.90 Å². The van der Waals surface area contributed by atoms with Crippen molar-refractivity contribution in [3.8, 4) is 0 Å². The SMILES string of the molecule is CC.CC(C)(C)S(C)(C)OCCCN(c1ccc(F)cc1)c1ccc(F)cc1. The van der Waals surface area contributed by atoms with Crippen LogP contribution in [0.3, 0.4) is 0 Å². The first-order valence-electron chi connectivity index (χ1n) is 9.76. The van der Waals surface area contributed by atoms with Crippen molar-refractivity contribution in [2.75, 3.05) is 30.6 Å². The molecule has 0 aliphatic rings. The maximum absolute atomic E-state index is 13.3. The molecule has 0 amide bonds. The molecule has 0 heterocycles. The summed E-state index contributed by atoms with van der Waals surface area (Å²) in [6.07, 6.45) is 5.19. The van der Waals surface area contributed by atoms with Crippen molar-refractivity contribution >= 4 is 21.7 Å². The average Bonchev–Trinajstić information content (AvgIpc) is 2.64. The number of nitrogens with zero attached hydrogens (tertiary/aromatic N) is 1. The van der Waals surface area contributed by atoms with Crippen LogP contribution in [0, 0.1) is 11.6 Å². The van der Waals surface area contributed by atoms with Gasteiger partial charge >= 0.3 is 0 Å². The molecule has 0 fully saturated rings. The molecule has 2 nitrogen and oxygen atoms in total. The molecule has 0 spiro atoms. The molecule has 0 saturated heterocycles. The lowest BCUT2D eigenvalue weighted by molar-refractivity contribution is 0.344. The molecule has 0 aromatic heterocycles.